The van der Waals surface area contributed by atoms with Gasteiger partial charge in [-0.05, 0) is 30.8 Å². The molecule has 3 heterocycles. The zero-order valence-electron chi connectivity index (χ0n) is 21.4. The van der Waals surface area contributed by atoms with E-state index >= 15 is 0 Å². The van der Waals surface area contributed by atoms with Gasteiger partial charge in [-0.15, -0.1) is 0 Å². The van der Waals surface area contributed by atoms with Gasteiger partial charge in [0.2, 0.25) is 0 Å². The molecular formula is C24H40N8OS. The summed E-state index contributed by atoms with van der Waals surface area (Å²) in [6.45, 7) is 13.6. The van der Waals surface area contributed by atoms with E-state index in [-0.39, 0.29) is 23.3 Å². The molecule has 1 aliphatic heterocycles. The van der Waals surface area contributed by atoms with E-state index in [9.17, 15) is 4.79 Å². The van der Waals surface area contributed by atoms with Crippen LogP contribution in [0.5, 0.6) is 0 Å². The second-order valence-corrected chi connectivity index (χ2v) is 11.4. The number of H-pyrrole nitrogens is 1. The highest BCUT2D eigenvalue weighted by molar-refractivity contribution is 7.98. The number of hydrogen-bond acceptors (Lipinski definition) is 8. The van der Waals surface area contributed by atoms with Crippen LogP contribution in [-0.2, 0) is 5.41 Å². The molecule has 2 aromatic rings. The molecule has 2 atom stereocenters. The number of carbonyl (C=O) groups excluding carboxylic acids is 1. The molecule has 34 heavy (non-hydrogen) atoms. The summed E-state index contributed by atoms with van der Waals surface area (Å²) < 4.78 is 0. The summed E-state index contributed by atoms with van der Waals surface area (Å²) in [6.07, 6.45) is 7.19. The van der Waals surface area contributed by atoms with Gasteiger partial charge >= 0.3 is 0 Å². The summed E-state index contributed by atoms with van der Waals surface area (Å²) in [5.74, 6) is 3.79. The molecule has 10 heteroatoms. The van der Waals surface area contributed by atoms with Gasteiger partial charge in [0, 0.05) is 49.8 Å². The first-order valence-corrected chi connectivity index (χ1v) is 13.6. The Morgan fingerprint density at radius 2 is 2.09 bits per heavy atom. The molecule has 1 amide bonds. The average molecular weight is 489 g/mol. The molecule has 0 aliphatic carbocycles. The number of thioether (sulfide) groups is 1. The fraction of sp³-hybridized carbons (Fsp3) is 0.708. The van der Waals surface area contributed by atoms with Crippen LogP contribution in [0.2, 0.25) is 0 Å². The number of amides is 1. The van der Waals surface area contributed by atoms with Crippen LogP contribution in [0, 0.1) is 5.92 Å². The predicted molar refractivity (Wildman–Crippen MR) is 138 cm³/mol. The van der Waals surface area contributed by atoms with Crippen LogP contribution in [0.25, 0.3) is 0 Å². The summed E-state index contributed by atoms with van der Waals surface area (Å²) in [7, 11) is 0. The molecule has 0 bridgehead atoms. The minimum absolute atomic E-state index is 0.0217. The number of carbonyl (C=O) groups is 1. The second kappa shape index (κ2) is 12.0. The van der Waals surface area contributed by atoms with Gasteiger partial charge in [0.05, 0.1) is 0 Å². The maximum Gasteiger partial charge on any atom is 0.259 e. The fourth-order valence-corrected chi connectivity index (χ4v) is 4.61. The number of anilines is 1. The SMILES string of the molecule is CSCCCNc1nc(C(C)(C)C)ncc1C(=O)N(CC(C)C)C1CNCC(c2ncn[nH]2)C1. The second-order valence-electron chi connectivity index (χ2n) is 10.4. The first-order valence-electron chi connectivity index (χ1n) is 12.2. The molecule has 0 saturated carbocycles. The topological polar surface area (TPSA) is 112 Å². The monoisotopic (exact) mass is 488 g/mol. The third-order valence-electron chi connectivity index (χ3n) is 5.92. The molecule has 1 aliphatic rings. The summed E-state index contributed by atoms with van der Waals surface area (Å²) in [6, 6.07) is 0.0467. The van der Waals surface area contributed by atoms with E-state index in [1.807, 2.05) is 16.7 Å². The number of piperidine rings is 1. The molecule has 0 radical (unpaired) electrons. The lowest BCUT2D eigenvalue weighted by Gasteiger charge is -2.38. The Morgan fingerprint density at radius 3 is 2.74 bits per heavy atom. The molecular weight excluding hydrogens is 448 g/mol. The van der Waals surface area contributed by atoms with E-state index in [2.05, 4.69) is 71.7 Å². The van der Waals surface area contributed by atoms with E-state index in [0.717, 1.165) is 49.9 Å². The van der Waals surface area contributed by atoms with Crippen LogP contribution in [0.1, 0.15) is 75.4 Å². The predicted octanol–water partition coefficient (Wildman–Crippen LogP) is 3.30. The lowest BCUT2D eigenvalue weighted by molar-refractivity contribution is 0.0608. The molecule has 1 saturated heterocycles. The van der Waals surface area contributed by atoms with Crippen LogP contribution in [0.4, 0.5) is 5.82 Å². The Kier molecular flexibility index (Phi) is 9.30. The average Bonchev–Trinajstić information content (AvgIpc) is 3.34. The van der Waals surface area contributed by atoms with Crippen molar-refractivity contribution in [1.82, 2.24) is 35.4 Å². The van der Waals surface area contributed by atoms with Crippen LogP contribution in [0.3, 0.4) is 0 Å². The maximum atomic E-state index is 14.0. The first kappa shape index (κ1) is 26.4. The van der Waals surface area contributed by atoms with Crippen LogP contribution in [0.15, 0.2) is 12.5 Å². The van der Waals surface area contributed by atoms with Crippen molar-refractivity contribution in [3.8, 4) is 0 Å². The lowest BCUT2D eigenvalue weighted by Crippen LogP contribution is -2.52. The number of aromatic nitrogens is 5. The van der Waals surface area contributed by atoms with Gasteiger partial charge in [-0.1, -0.05) is 34.6 Å². The third kappa shape index (κ3) is 6.91. The van der Waals surface area contributed by atoms with Crippen molar-refractivity contribution in [3.05, 3.63) is 29.7 Å². The minimum Gasteiger partial charge on any atom is -0.369 e. The molecule has 0 aromatic carbocycles. The molecule has 9 nitrogen and oxygen atoms in total. The van der Waals surface area contributed by atoms with E-state index < -0.39 is 0 Å². The van der Waals surface area contributed by atoms with Crippen molar-refractivity contribution in [2.24, 2.45) is 5.92 Å². The van der Waals surface area contributed by atoms with Crippen LogP contribution in [-0.4, -0.2) is 80.2 Å². The fourth-order valence-electron chi connectivity index (χ4n) is 4.18. The van der Waals surface area contributed by atoms with Crippen LogP contribution < -0.4 is 10.6 Å². The number of rotatable bonds is 10. The molecule has 0 spiro atoms. The Bertz CT molecular complexity index is 912. The van der Waals surface area contributed by atoms with Gasteiger partial charge in [-0.3, -0.25) is 9.89 Å². The highest BCUT2D eigenvalue weighted by atomic mass is 32.2. The Labute approximate surface area is 207 Å². The molecule has 2 unspecified atom stereocenters. The normalized spacial score (nSPS) is 18.8. The Hall–Kier alpha value is -2.20. The van der Waals surface area contributed by atoms with Crippen molar-refractivity contribution < 1.29 is 4.79 Å². The highest BCUT2D eigenvalue weighted by Gasteiger charge is 2.34. The molecule has 188 valence electrons. The quantitative estimate of drug-likeness (QED) is 0.437. The van der Waals surface area contributed by atoms with Crippen molar-refractivity contribution in [2.75, 3.05) is 43.5 Å². The Morgan fingerprint density at radius 1 is 1.29 bits per heavy atom. The standard InChI is InChI=1S/C24H40N8OS/c1-16(2)14-32(18-10-17(11-25-12-18)20-28-15-29-31-20)22(33)19-13-27-23(24(3,4)5)30-21(19)26-8-7-9-34-6/h13,15-18,25H,7-12,14H2,1-6H3,(H,26,27,30)(H,28,29,31). The Balaban J connectivity index is 1.88. The van der Waals surface area contributed by atoms with Gasteiger partial charge in [-0.2, -0.15) is 16.9 Å². The molecule has 1 fully saturated rings. The minimum atomic E-state index is -0.202. The number of hydrogen-bond donors (Lipinski definition) is 3. The third-order valence-corrected chi connectivity index (χ3v) is 6.62. The van der Waals surface area contributed by atoms with Gasteiger partial charge in [0.15, 0.2) is 0 Å². The van der Waals surface area contributed by atoms with Gasteiger partial charge in [0.1, 0.15) is 29.4 Å². The largest absolute Gasteiger partial charge is 0.369 e. The zero-order chi connectivity index (χ0) is 24.7. The maximum absolute atomic E-state index is 14.0. The highest BCUT2D eigenvalue weighted by Crippen LogP contribution is 2.27. The molecule has 2 aromatic heterocycles. The summed E-state index contributed by atoms with van der Waals surface area (Å²) in [5, 5.41) is 13.9. The van der Waals surface area contributed by atoms with Gasteiger partial charge < -0.3 is 15.5 Å². The number of nitrogens with one attached hydrogen (secondary N) is 3. The van der Waals surface area contributed by atoms with E-state index in [4.69, 9.17) is 4.98 Å². The van der Waals surface area contributed by atoms with Crippen molar-refractivity contribution >= 4 is 23.5 Å². The number of nitrogens with zero attached hydrogens (tertiary/aromatic N) is 5. The first-order chi connectivity index (χ1) is 16.2. The van der Waals surface area contributed by atoms with Crippen molar-refractivity contribution in [3.63, 3.8) is 0 Å². The summed E-state index contributed by atoms with van der Waals surface area (Å²) >= 11 is 1.82. The summed E-state index contributed by atoms with van der Waals surface area (Å²) in [5.41, 5.74) is 0.339. The van der Waals surface area contributed by atoms with Crippen LogP contribution >= 0.6 is 11.8 Å². The zero-order valence-corrected chi connectivity index (χ0v) is 22.2. The van der Waals surface area contributed by atoms with E-state index in [1.54, 1.807) is 12.5 Å². The van der Waals surface area contributed by atoms with Crippen molar-refractivity contribution in [1.29, 1.82) is 0 Å². The lowest BCUT2D eigenvalue weighted by atomic mass is 9.93. The van der Waals surface area contributed by atoms with Gasteiger partial charge in [0.25, 0.3) is 5.91 Å². The smallest absolute Gasteiger partial charge is 0.259 e. The van der Waals surface area contributed by atoms with E-state index in [1.165, 1.54) is 0 Å². The van der Waals surface area contributed by atoms with Crippen molar-refractivity contribution in [2.45, 2.75) is 64.8 Å². The van der Waals surface area contributed by atoms with E-state index in [0.29, 0.717) is 23.8 Å². The molecule has 3 N–H and O–H groups in total. The summed E-state index contributed by atoms with van der Waals surface area (Å²) in [4.78, 5) is 29.7. The van der Waals surface area contributed by atoms with Gasteiger partial charge in [-0.25, -0.2) is 15.0 Å². The number of aromatic amines is 1. The molecule has 3 rings (SSSR count).